The van der Waals surface area contributed by atoms with Gasteiger partial charge in [0, 0.05) is 37.7 Å². The summed E-state index contributed by atoms with van der Waals surface area (Å²) in [6.07, 6.45) is -2.55. The maximum Gasteiger partial charge on any atom is 0.416 e. The highest BCUT2D eigenvalue weighted by Crippen LogP contribution is 2.48. The quantitative estimate of drug-likeness (QED) is 0.773. The molecule has 2 aliphatic heterocycles. The van der Waals surface area contributed by atoms with E-state index < -0.39 is 23.2 Å². The van der Waals surface area contributed by atoms with Crippen LogP contribution in [0.25, 0.3) is 0 Å². The van der Waals surface area contributed by atoms with Gasteiger partial charge in [-0.25, -0.2) is 9.78 Å². The van der Waals surface area contributed by atoms with E-state index in [0.29, 0.717) is 34.4 Å². The van der Waals surface area contributed by atoms with E-state index in [1.807, 2.05) is 0 Å². The summed E-state index contributed by atoms with van der Waals surface area (Å²) in [7, 11) is 1.48. The third-order valence-corrected chi connectivity index (χ3v) is 6.46. The van der Waals surface area contributed by atoms with Crippen molar-refractivity contribution < 1.29 is 27.5 Å². The lowest BCUT2D eigenvalue weighted by atomic mass is 9.81. The Bertz CT molecular complexity index is 1010. The summed E-state index contributed by atoms with van der Waals surface area (Å²) in [5.41, 5.74) is -0.656. The first-order valence-electron chi connectivity index (χ1n) is 9.18. The Morgan fingerprint density at radius 1 is 1.30 bits per heavy atom. The zero-order valence-electron chi connectivity index (χ0n) is 16.2. The number of thiazole rings is 1. The molecule has 1 aromatic carbocycles. The predicted molar refractivity (Wildman–Crippen MR) is 105 cm³/mol. The van der Waals surface area contributed by atoms with Gasteiger partial charge < -0.3 is 9.64 Å². The Morgan fingerprint density at radius 2 is 2.07 bits per heavy atom. The number of anilines is 2. The average Bonchev–Trinajstić information content (AvgIpc) is 3.39. The fraction of sp³-hybridized carbons (Fsp3) is 0.421. The van der Waals surface area contributed by atoms with Crippen LogP contribution in [0, 0.1) is 0 Å². The Labute approximate surface area is 174 Å². The topological polar surface area (TPSA) is 74.8 Å². The number of likely N-dealkylation sites (tertiary alicyclic amines) is 1. The molecule has 1 fully saturated rings. The molecule has 1 aromatic heterocycles. The summed E-state index contributed by atoms with van der Waals surface area (Å²) in [6.45, 7) is 2.32. The number of amides is 3. The zero-order chi connectivity index (χ0) is 21.7. The lowest BCUT2D eigenvalue weighted by Crippen LogP contribution is -2.41. The lowest BCUT2D eigenvalue weighted by molar-refractivity contribution is -0.137. The third kappa shape index (κ3) is 3.47. The van der Waals surface area contributed by atoms with Crippen molar-refractivity contribution in [3.8, 4) is 5.06 Å². The summed E-state index contributed by atoms with van der Waals surface area (Å²) >= 11 is 1.14. The summed E-state index contributed by atoms with van der Waals surface area (Å²) in [6, 6.07) is 2.91. The Kier molecular flexibility index (Phi) is 4.88. The van der Waals surface area contributed by atoms with Crippen LogP contribution in [0.3, 0.4) is 0 Å². The number of nitrogens with one attached hydrogen (secondary N) is 1. The summed E-state index contributed by atoms with van der Waals surface area (Å²) in [5.74, 6) is -0.141. The van der Waals surface area contributed by atoms with E-state index in [0.717, 1.165) is 23.5 Å². The molecule has 1 N–H and O–H groups in total. The highest BCUT2D eigenvalue weighted by Gasteiger charge is 2.50. The average molecular weight is 440 g/mol. The van der Waals surface area contributed by atoms with Crippen molar-refractivity contribution in [1.29, 1.82) is 0 Å². The highest BCUT2D eigenvalue weighted by molar-refractivity contribution is 7.17. The lowest BCUT2D eigenvalue weighted by Gasteiger charge is -2.25. The molecular formula is C19H19F3N4O3S. The van der Waals surface area contributed by atoms with E-state index in [9.17, 15) is 22.8 Å². The van der Waals surface area contributed by atoms with Crippen LogP contribution in [0.1, 0.15) is 24.5 Å². The molecule has 1 saturated heterocycles. The van der Waals surface area contributed by atoms with Gasteiger partial charge in [0.05, 0.1) is 18.9 Å². The normalized spacial score (nSPS) is 20.6. The van der Waals surface area contributed by atoms with E-state index >= 15 is 0 Å². The number of hydrogen-bond acceptors (Lipinski definition) is 5. The number of methoxy groups -OCH3 is 1. The third-order valence-electron chi connectivity index (χ3n) is 5.59. The van der Waals surface area contributed by atoms with Gasteiger partial charge in [-0.3, -0.25) is 15.0 Å². The van der Waals surface area contributed by atoms with Crippen LogP contribution in [-0.4, -0.2) is 48.6 Å². The maximum absolute atomic E-state index is 13.3. The first-order valence-corrected chi connectivity index (χ1v) is 10.0. The van der Waals surface area contributed by atoms with Crippen molar-refractivity contribution in [2.24, 2.45) is 0 Å². The molecule has 30 heavy (non-hydrogen) atoms. The fourth-order valence-electron chi connectivity index (χ4n) is 4.09. The zero-order valence-corrected chi connectivity index (χ0v) is 17.1. The molecule has 1 spiro atoms. The number of halogens is 3. The van der Waals surface area contributed by atoms with E-state index in [2.05, 4.69) is 10.3 Å². The number of nitrogens with zero attached hydrogens (tertiary/aromatic N) is 3. The van der Waals surface area contributed by atoms with E-state index in [1.165, 1.54) is 31.2 Å². The highest BCUT2D eigenvalue weighted by atomic mass is 32.1. The van der Waals surface area contributed by atoms with E-state index in [1.54, 1.807) is 4.90 Å². The molecule has 3 amide bonds. The van der Waals surface area contributed by atoms with Crippen LogP contribution in [0.2, 0.25) is 0 Å². The predicted octanol–water partition coefficient (Wildman–Crippen LogP) is 3.71. The number of hydrogen-bond donors (Lipinski definition) is 1. The van der Waals surface area contributed by atoms with Crippen molar-refractivity contribution in [2.75, 3.05) is 37.0 Å². The molecule has 1 atom stereocenters. The number of carbonyl (C=O) groups is 2. The number of benzene rings is 1. The molecule has 3 heterocycles. The monoisotopic (exact) mass is 440 g/mol. The van der Waals surface area contributed by atoms with E-state index in [4.69, 9.17) is 4.74 Å². The summed E-state index contributed by atoms with van der Waals surface area (Å²) in [4.78, 5) is 31.9. The second kappa shape index (κ2) is 7.15. The van der Waals surface area contributed by atoms with Gasteiger partial charge in [-0.15, -0.1) is 0 Å². The van der Waals surface area contributed by atoms with Crippen molar-refractivity contribution in [1.82, 2.24) is 9.88 Å². The second-order valence-electron chi connectivity index (χ2n) is 7.41. The Hall–Kier alpha value is -2.82. The summed E-state index contributed by atoms with van der Waals surface area (Å²) < 4.78 is 45.1. The molecule has 7 nitrogen and oxygen atoms in total. The minimum absolute atomic E-state index is 0.141. The van der Waals surface area contributed by atoms with Crippen LogP contribution >= 0.6 is 11.3 Å². The molecule has 4 rings (SSSR count). The maximum atomic E-state index is 13.3. The van der Waals surface area contributed by atoms with Crippen molar-refractivity contribution >= 4 is 34.1 Å². The van der Waals surface area contributed by atoms with Gasteiger partial charge in [-0.1, -0.05) is 11.3 Å². The number of ether oxygens (including phenoxy) is 1. The van der Waals surface area contributed by atoms with Crippen LogP contribution < -0.4 is 15.0 Å². The van der Waals surface area contributed by atoms with Gasteiger partial charge >= 0.3 is 12.2 Å². The molecular weight excluding hydrogens is 421 g/mol. The second-order valence-corrected chi connectivity index (χ2v) is 8.40. The molecule has 0 unspecified atom stereocenters. The van der Waals surface area contributed by atoms with Gasteiger partial charge in [-0.05, 0) is 30.2 Å². The largest absolute Gasteiger partial charge is 0.486 e. The van der Waals surface area contributed by atoms with Gasteiger partial charge in [0.25, 0.3) is 0 Å². The Morgan fingerprint density at radius 3 is 2.67 bits per heavy atom. The standard InChI is InChI=1S/C19H19F3N4O3S/c1-11(27)25-6-5-18(9-25)10-26(17(28)24-16-23-8-15(29-2)30-16)14-4-3-12(7-13(14)18)19(20,21)22/h3-4,7-8H,5-6,9-10H2,1-2H3,(H,23,24,28)/t18-/m1/s1. The van der Waals surface area contributed by atoms with Crippen LogP contribution in [0.15, 0.2) is 24.4 Å². The van der Waals surface area contributed by atoms with Crippen LogP contribution in [-0.2, 0) is 16.4 Å². The number of carbonyl (C=O) groups excluding carboxylic acids is 2. The van der Waals surface area contributed by atoms with Crippen molar-refractivity contribution in [3.63, 3.8) is 0 Å². The van der Waals surface area contributed by atoms with Gasteiger partial charge in [0.2, 0.25) is 5.91 Å². The first-order chi connectivity index (χ1) is 14.1. The first kappa shape index (κ1) is 20.5. The molecule has 2 aromatic rings. The molecule has 160 valence electrons. The number of urea groups is 1. The Balaban J connectivity index is 1.69. The number of alkyl halides is 3. The van der Waals surface area contributed by atoms with Crippen molar-refractivity contribution in [3.05, 3.63) is 35.5 Å². The minimum Gasteiger partial charge on any atom is -0.486 e. The number of rotatable bonds is 2. The summed E-state index contributed by atoms with van der Waals surface area (Å²) in [5, 5.41) is 3.52. The van der Waals surface area contributed by atoms with Crippen LogP contribution in [0.4, 0.5) is 28.8 Å². The molecule has 0 aliphatic carbocycles. The SMILES string of the molecule is COc1cnc(NC(=O)N2C[C@]3(CCN(C(C)=O)C3)c3cc(C(F)(F)F)ccc32)s1. The van der Waals surface area contributed by atoms with Gasteiger partial charge in [0.15, 0.2) is 10.2 Å². The fourth-order valence-corrected chi connectivity index (χ4v) is 4.71. The molecule has 2 aliphatic rings. The van der Waals surface area contributed by atoms with Crippen LogP contribution in [0.5, 0.6) is 5.06 Å². The van der Waals surface area contributed by atoms with E-state index in [-0.39, 0.29) is 19.0 Å². The van der Waals surface area contributed by atoms with Gasteiger partial charge in [-0.2, -0.15) is 13.2 Å². The number of aromatic nitrogens is 1. The minimum atomic E-state index is -4.50. The van der Waals surface area contributed by atoms with Crippen molar-refractivity contribution in [2.45, 2.75) is 24.9 Å². The smallest absolute Gasteiger partial charge is 0.416 e. The molecule has 11 heteroatoms. The molecule has 0 radical (unpaired) electrons. The molecule has 0 bridgehead atoms. The molecule has 0 saturated carbocycles. The number of fused-ring (bicyclic) bond motifs is 2. The van der Waals surface area contributed by atoms with Gasteiger partial charge in [0.1, 0.15) is 0 Å².